The van der Waals surface area contributed by atoms with E-state index in [0.717, 1.165) is 66.3 Å². The minimum atomic E-state index is -0.391. The van der Waals surface area contributed by atoms with Gasteiger partial charge in [0, 0.05) is 50.8 Å². The number of hydrogen-bond donors (Lipinski definition) is 1. The van der Waals surface area contributed by atoms with Crippen LogP contribution in [-0.2, 0) is 17.8 Å². The van der Waals surface area contributed by atoms with E-state index in [-0.39, 0.29) is 12.4 Å². The maximum Gasteiger partial charge on any atom is 0.253 e. The Balaban J connectivity index is 1.30. The zero-order valence-corrected chi connectivity index (χ0v) is 22.5. The summed E-state index contributed by atoms with van der Waals surface area (Å²) in [5.74, 6) is 2.24. The van der Waals surface area contributed by atoms with Crippen LogP contribution in [0.25, 0.3) is 10.9 Å². The summed E-state index contributed by atoms with van der Waals surface area (Å²) in [6.45, 7) is 9.35. The molecular weight excluding hydrogens is 498 g/mol. The molecule has 11 nitrogen and oxygen atoms in total. The number of nitrogens with one attached hydrogen (secondary N) is 1. The smallest absolute Gasteiger partial charge is 0.253 e. The van der Waals surface area contributed by atoms with Gasteiger partial charge in [0.05, 0.1) is 18.7 Å². The number of aromatic nitrogens is 5. The summed E-state index contributed by atoms with van der Waals surface area (Å²) >= 11 is 0. The van der Waals surface area contributed by atoms with Crippen molar-refractivity contribution in [1.29, 1.82) is 0 Å². The van der Waals surface area contributed by atoms with E-state index < -0.39 is 6.04 Å². The number of hydrogen-bond acceptors (Lipinski definition) is 9. The highest BCUT2D eigenvalue weighted by Crippen LogP contribution is 2.33. The normalized spacial score (nSPS) is 16.7. The number of methoxy groups -OCH3 is 1. The van der Waals surface area contributed by atoms with Gasteiger partial charge in [-0.05, 0) is 59.2 Å². The first-order valence-corrected chi connectivity index (χ1v) is 13.2. The van der Waals surface area contributed by atoms with Gasteiger partial charge in [-0.3, -0.25) is 14.6 Å². The molecule has 1 saturated heterocycles. The second-order valence-electron chi connectivity index (χ2n) is 10.2. The average molecular weight is 532 g/mol. The number of rotatable bonds is 8. The van der Waals surface area contributed by atoms with Gasteiger partial charge < -0.3 is 19.2 Å². The van der Waals surface area contributed by atoms with Crippen molar-refractivity contribution < 1.29 is 14.2 Å². The molecule has 2 aliphatic heterocycles. The molecule has 11 heteroatoms. The molecule has 0 unspecified atom stereocenters. The highest BCUT2D eigenvalue weighted by molar-refractivity contribution is 5.85. The molecule has 2 aromatic heterocycles. The van der Waals surface area contributed by atoms with Crippen molar-refractivity contribution in [2.75, 3.05) is 46.7 Å². The molecule has 39 heavy (non-hydrogen) atoms. The molecule has 0 amide bonds. The number of aryl methyl sites for hydroxylation is 2. The van der Waals surface area contributed by atoms with Crippen LogP contribution in [0.4, 0.5) is 0 Å². The minimum Gasteiger partial charge on any atom is -0.454 e. The number of tetrazole rings is 1. The Labute approximate surface area is 226 Å². The van der Waals surface area contributed by atoms with Crippen LogP contribution in [-0.4, -0.2) is 81.7 Å². The van der Waals surface area contributed by atoms with Crippen LogP contribution in [0, 0.1) is 13.8 Å². The Morgan fingerprint density at radius 2 is 1.82 bits per heavy atom. The molecule has 1 N–H and O–H groups in total. The van der Waals surface area contributed by atoms with Crippen molar-refractivity contribution in [3.8, 4) is 11.5 Å². The minimum absolute atomic E-state index is 0.120. The molecule has 0 saturated carbocycles. The molecule has 4 aromatic rings. The van der Waals surface area contributed by atoms with Crippen LogP contribution >= 0.6 is 0 Å². The van der Waals surface area contributed by atoms with Crippen LogP contribution in [0.5, 0.6) is 11.5 Å². The van der Waals surface area contributed by atoms with Crippen LogP contribution in [0.2, 0.25) is 0 Å². The molecule has 204 valence electrons. The third-order valence-electron chi connectivity index (χ3n) is 7.69. The Morgan fingerprint density at radius 3 is 2.64 bits per heavy atom. The number of H-pyrrole nitrogens is 1. The molecule has 0 radical (unpaired) electrons. The van der Waals surface area contributed by atoms with Gasteiger partial charge in [0.1, 0.15) is 6.04 Å². The van der Waals surface area contributed by atoms with E-state index in [1.807, 2.05) is 25.1 Å². The molecule has 4 heterocycles. The van der Waals surface area contributed by atoms with Crippen molar-refractivity contribution >= 4 is 10.9 Å². The summed E-state index contributed by atoms with van der Waals surface area (Å²) in [5.41, 5.74) is 4.73. The summed E-state index contributed by atoms with van der Waals surface area (Å²) in [5, 5.41) is 13.6. The Bertz CT molecular complexity index is 1540. The summed E-state index contributed by atoms with van der Waals surface area (Å²) < 4.78 is 18.0. The lowest BCUT2D eigenvalue weighted by Crippen LogP contribution is -2.48. The summed E-state index contributed by atoms with van der Waals surface area (Å²) in [7, 11) is 1.65. The van der Waals surface area contributed by atoms with E-state index in [1.165, 1.54) is 5.56 Å². The quantitative estimate of drug-likeness (QED) is 0.366. The lowest BCUT2D eigenvalue weighted by Gasteiger charge is -2.38. The number of fused-ring (bicyclic) bond motifs is 2. The second kappa shape index (κ2) is 10.8. The van der Waals surface area contributed by atoms with Gasteiger partial charge in [-0.15, -0.1) is 5.10 Å². The van der Waals surface area contributed by atoms with Gasteiger partial charge in [0.15, 0.2) is 17.3 Å². The van der Waals surface area contributed by atoms with Crippen molar-refractivity contribution in [3.63, 3.8) is 0 Å². The van der Waals surface area contributed by atoms with Crippen LogP contribution < -0.4 is 15.0 Å². The summed E-state index contributed by atoms with van der Waals surface area (Å²) in [6.07, 6.45) is 0. The Hall–Kier alpha value is -3.80. The molecule has 1 fully saturated rings. The largest absolute Gasteiger partial charge is 0.454 e. The molecule has 0 aliphatic carbocycles. The van der Waals surface area contributed by atoms with E-state index in [1.54, 1.807) is 11.8 Å². The standard InChI is InChI=1S/C28H33N7O4/c1-18-4-5-19(2)25-21(18)15-22(28(36)29-25)26(27-30-31-32-35(27)12-13-37-3)34-10-8-33(9-11-34)16-20-6-7-23-24(14-20)39-17-38-23/h4-7,14-15,26H,8-13,16-17H2,1-3H3,(H,29,36)/t26-/m1/s1. The second-order valence-corrected chi connectivity index (χ2v) is 10.2. The fourth-order valence-electron chi connectivity index (χ4n) is 5.52. The van der Waals surface area contributed by atoms with Gasteiger partial charge in [-0.2, -0.15) is 0 Å². The maximum absolute atomic E-state index is 13.6. The van der Waals surface area contributed by atoms with E-state index in [4.69, 9.17) is 14.2 Å². The van der Waals surface area contributed by atoms with Crippen molar-refractivity contribution in [1.82, 2.24) is 35.0 Å². The predicted octanol–water partition coefficient (Wildman–Crippen LogP) is 2.41. The van der Waals surface area contributed by atoms with E-state index in [9.17, 15) is 4.79 Å². The Kier molecular flexibility index (Phi) is 7.03. The first-order chi connectivity index (χ1) is 19.0. The summed E-state index contributed by atoms with van der Waals surface area (Å²) in [4.78, 5) is 21.5. The summed E-state index contributed by atoms with van der Waals surface area (Å²) in [6, 6.07) is 11.9. The van der Waals surface area contributed by atoms with Crippen LogP contribution in [0.15, 0.2) is 41.2 Å². The SMILES string of the molecule is COCCn1nnnc1[C@@H](c1cc2c(C)ccc(C)c2[nH]c1=O)N1CCN(Cc2ccc3c(c2)OCO3)CC1. The molecule has 1 atom stereocenters. The number of nitrogens with zero attached hydrogens (tertiary/aromatic N) is 6. The molecule has 2 aromatic carbocycles. The van der Waals surface area contributed by atoms with Gasteiger partial charge in [-0.25, -0.2) is 4.68 Å². The zero-order chi connectivity index (χ0) is 26.9. The number of piperazine rings is 1. The maximum atomic E-state index is 13.6. The van der Waals surface area contributed by atoms with E-state index >= 15 is 0 Å². The van der Waals surface area contributed by atoms with Crippen LogP contribution in [0.1, 0.15) is 34.1 Å². The topological polar surface area (TPSA) is 111 Å². The monoisotopic (exact) mass is 531 g/mol. The number of ether oxygens (including phenoxy) is 3. The lowest BCUT2D eigenvalue weighted by atomic mass is 9.99. The molecule has 6 rings (SSSR count). The number of benzene rings is 2. The molecular formula is C28H33N7O4. The van der Waals surface area contributed by atoms with Gasteiger partial charge in [-0.1, -0.05) is 18.2 Å². The van der Waals surface area contributed by atoms with Gasteiger partial charge in [0.2, 0.25) is 6.79 Å². The van der Waals surface area contributed by atoms with E-state index in [2.05, 4.69) is 55.4 Å². The van der Waals surface area contributed by atoms with Crippen molar-refractivity contribution in [2.24, 2.45) is 0 Å². The number of aromatic amines is 1. The highest BCUT2D eigenvalue weighted by atomic mass is 16.7. The molecule has 2 aliphatic rings. The third-order valence-corrected chi connectivity index (χ3v) is 7.69. The number of pyridine rings is 1. The first-order valence-electron chi connectivity index (χ1n) is 13.2. The average Bonchev–Trinajstić information content (AvgIpc) is 3.61. The molecule has 0 spiro atoms. The predicted molar refractivity (Wildman–Crippen MR) is 145 cm³/mol. The van der Waals surface area contributed by atoms with Crippen molar-refractivity contribution in [2.45, 2.75) is 33.0 Å². The Morgan fingerprint density at radius 1 is 1.03 bits per heavy atom. The molecule has 0 bridgehead atoms. The van der Waals surface area contributed by atoms with Gasteiger partial charge >= 0.3 is 0 Å². The third kappa shape index (κ3) is 5.00. The fraction of sp³-hybridized carbons (Fsp3) is 0.429. The van der Waals surface area contributed by atoms with Gasteiger partial charge in [0.25, 0.3) is 5.56 Å². The lowest BCUT2D eigenvalue weighted by molar-refractivity contribution is 0.0984. The highest BCUT2D eigenvalue weighted by Gasteiger charge is 2.33. The van der Waals surface area contributed by atoms with Crippen LogP contribution in [0.3, 0.4) is 0 Å². The first kappa shape index (κ1) is 25.5. The van der Waals surface area contributed by atoms with E-state index in [0.29, 0.717) is 24.5 Å². The van der Waals surface area contributed by atoms with Crippen molar-refractivity contribution in [3.05, 3.63) is 74.8 Å². The fourth-order valence-corrected chi connectivity index (χ4v) is 5.52. The zero-order valence-electron chi connectivity index (χ0n) is 22.5.